The number of hydrogen-bond donors (Lipinski definition) is 1. The smallest absolute Gasteiger partial charge is 0.187 e. The molecule has 4 nitrogen and oxygen atoms in total. The quantitative estimate of drug-likeness (QED) is 0.879. The molecule has 1 aromatic rings. The molecule has 122 valence electrons. The van der Waals surface area contributed by atoms with Crippen LogP contribution in [0.15, 0.2) is 11.0 Å². The maximum absolute atomic E-state index is 12.1. The van der Waals surface area contributed by atoms with Crippen LogP contribution in [0.5, 0.6) is 0 Å². The van der Waals surface area contributed by atoms with Gasteiger partial charge in [0.1, 0.15) is 0 Å². The Labute approximate surface area is 132 Å². The van der Waals surface area contributed by atoms with Gasteiger partial charge in [-0.15, -0.1) is 0 Å². The van der Waals surface area contributed by atoms with Crippen LogP contribution in [0.1, 0.15) is 48.9 Å². The second-order valence-electron chi connectivity index (χ2n) is 7.03. The van der Waals surface area contributed by atoms with E-state index in [1.165, 1.54) is 32.1 Å². The van der Waals surface area contributed by atoms with Crippen LogP contribution in [0.2, 0.25) is 0 Å². The summed E-state index contributed by atoms with van der Waals surface area (Å²) in [6.45, 7) is 7.67. The van der Waals surface area contributed by atoms with Crippen LogP contribution < -0.4 is 5.43 Å². The van der Waals surface area contributed by atoms with Crippen LogP contribution in [-0.4, -0.2) is 35.7 Å². The fraction of sp³-hybridized carbons (Fsp3) is 0.722. The standard InChI is InChI=1S/C18H28N2O2/c1-13-9-19-17(14(2)18(13)21)12-20(10-15-5-3-6-15)11-16-7-4-8-22-16/h9,15-16H,3-8,10-12H2,1-2H3,(H,19,21)/t16-/m1/s1. The fourth-order valence-electron chi connectivity index (χ4n) is 3.51. The minimum atomic E-state index is 0.175. The maximum atomic E-state index is 12.1. The Balaban J connectivity index is 1.70. The van der Waals surface area contributed by atoms with E-state index in [0.717, 1.165) is 49.0 Å². The van der Waals surface area contributed by atoms with Crippen molar-refractivity contribution in [1.29, 1.82) is 0 Å². The number of ether oxygens (including phenoxy) is 1. The molecular formula is C18H28N2O2. The summed E-state index contributed by atoms with van der Waals surface area (Å²) in [7, 11) is 0. The highest BCUT2D eigenvalue weighted by molar-refractivity contribution is 5.23. The molecule has 0 unspecified atom stereocenters. The molecule has 2 heterocycles. The SMILES string of the molecule is Cc1c[nH]c(CN(CC2CCC2)C[C@H]2CCCO2)c(C)c1=O. The van der Waals surface area contributed by atoms with Gasteiger partial charge in [0.25, 0.3) is 0 Å². The summed E-state index contributed by atoms with van der Waals surface area (Å²) in [5.41, 5.74) is 2.90. The van der Waals surface area contributed by atoms with E-state index < -0.39 is 0 Å². The minimum absolute atomic E-state index is 0.175. The molecule has 2 fully saturated rings. The van der Waals surface area contributed by atoms with Crippen molar-refractivity contribution in [3.63, 3.8) is 0 Å². The number of aromatic amines is 1. The third-order valence-electron chi connectivity index (χ3n) is 5.22. The average Bonchev–Trinajstić information content (AvgIpc) is 2.96. The fourth-order valence-corrected chi connectivity index (χ4v) is 3.51. The molecule has 0 aromatic carbocycles. The van der Waals surface area contributed by atoms with Crippen molar-refractivity contribution in [3.05, 3.63) is 33.2 Å². The molecule has 1 aliphatic carbocycles. The van der Waals surface area contributed by atoms with Gasteiger partial charge in [-0.2, -0.15) is 0 Å². The molecule has 22 heavy (non-hydrogen) atoms. The zero-order chi connectivity index (χ0) is 15.5. The summed E-state index contributed by atoms with van der Waals surface area (Å²) in [5.74, 6) is 0.832. The van der Waals surface area contributed by atoms with E-state index in [2.05, 4.69) is 9.88 Å². The third kappa shape index (κ3) is 3.61. The first-order chi connectivity index (χ1) is 10.6. The highest BCUT2D eigenvalue weighted by Gasteiger charge is 2.25. The Bertz CT molecular complexity index is 557. The first kappa shape index (κ1) is 15.8. The van der Waals surface area contributed by atoms with Crippen LogP contribution in [0.4, 0.5) is 0 Å². The van der Waals surface area contributed by atoms with E-state index in [4.69, 9.17) is 4.74 Å². The minimum Gasteiger partial charge on any atom is -0.377 e. The Morgan fingerprint density at radius 1 is 1.23 bits per heavy atom. The first-order valence-corrected chi connectivity index (χ1v) is 8.65. The molecule has 3 rings (SSSR count). The van der Waals surface area contributed by atoms with Gasteiger partial charge in [-0.25, -0.2) is 0 Å². The van der Waals surface area contributed by atoms with E-state index in [-0.39, 0.29) is 5.43 Å². The van der Waals surface area contributed by atoms with E-state index in [1.807, 2.05) is 20.0 Å². The first-order valence-electron chi connectivity index (χ1n) is 8.65. The van der Waals surface area contributed by atoms with Gasteiger partial charge in [0.05, 0.1) is 6.10 Å². The Morgan fingerprint density at radius 3 is 2.68 bits per heavy atom. The van der Waals surface area contributed by atoms with Crippen LogP contribution in [0.25, 0.3) is 0 Å². The predicted molar refractivity (Wildman–Crippen MR) is 88.1 cm³/mol. The van der Waals surface area contributed by atoms with E-state index in [1.54, 1.807) is 0 Å². The van der Waals surface area contributed by atoms with E-state index in [9.17, 15) is 4.79 Å². The van der Waals surface area contributed by atoms with Crippen molar-refractivity contribution in [2.45, 2.75) is 58.6 Å². The molecule has 0 spiro atoms. The summed E-state index contributed by atoms with van der Waals surface area (Å²) in [5, 5.41) is 0. The predicted octanol–water partition coefficient (Wildman–Crippen LogP) is 2.77. The Hall–Kier alpha value is -1.13. The second-order valence-corrected chi connectivity index (χ2v) is 7.03. The van der Waals surface area contributed by atoms with Gasteiger partial charge in [-0.3, -0.25) is 9.69 Å². The molecule has 1 aromatic heterocycles. The van der Waals surface area contributed by atoms with Gasteiger partial charge in [0.15, 0.2) is 5.43 Å². The molecule has 0 amide bonds. The van der Waals surface area contributed by atoms with Crippen LogP contribution in [0, 0.1) is 19.8 Å². The van der Waals surface area contributed by atoms with Crippen LogP contribution >= 0.6 is 0 Å². The molecular weight excluding hydrogens is 276 g/mol. The van der Waals surface area contributed by atoms with Crippen molar-refractivity contribution in [1.82, 2.24) is 9.88 Å². The van der Waals surface area contributed by atoms with Crippen LogP contribution in [-0.2, 0) is 11.3 Å². The number of pyridine rings is 1. The topological polar surface area (TPSA) is 45.3 Å². The van der Waals surface area contributed by atoms with Gasteiger partial charge >= 0.3 is 0 Å². The van der Waals surface area contributed by atoms with Gasteiger partial charge < -0.3 is 9.72 Å². The number of aromatic nitrogens is 1. The van der Waals surface area contributed by atoms with E-state index in [0.29, 0.717) is 6.10 Å². The molecule has 1 atom stereocenters. The normalized spacial score (nSPS) is 22.2. The molecule has 0 bridgehead atoms. The highest BCUT2D eigenvalue weighted by atomic mass is 16.5. The van der Waals surface area contributed by atoms with Gasteiger partial charge in [0, 0.05) is 49.3 Å². The van der Waals surface area contributed by atoms with E-state index >= 15 is 0 Å². The molecule has 2 aliphatic rings. The zero-order valence-electron chi connectivity index (χ0n) is 13.9. The van der Waals surface area contributed by atoms with Crippen molar-refractivity contribution < 1.29 is 4.74 Å². The lowest BCUT2D eigenvalue weighted by atomic mass is 9.85. The summed E-state index contributed by atoms with van der Waals surface area (Å²) in [6, 6.07) is 0. The number of H-pyrrole nitrogens is 1. The molecule has 0 radical (unpaired) electrons. The molecule has 4 heteroatoms. The zero-order valence-corrected chi connectivity index (χ0v) is 13.9. The number of aryl methyl sites for hydroxylation is 1. The van der Waals surface area contributed by atoms with Gasteiger partial charge in [-0.05, 0) is 45.4 Å². The van der Waals surface area contributed by atoms with Crippen LogP contribution in [0.3, 0.4) is 0 Å². The number of hydrogen-bond acceptors (Lipinski definition) is 3. The lowest BCUT2D eigenvalue weighted by molar-refractivity contribution is 0.0574. The lowest BCUT2D eigenvalue weighted by Crippen LogP contribution is -2.38. The summed E-state index contributed by atoms with van der Waals surface area (Å²) >= 11 is 0. The van der Waals surface area contributed by atoms with Crippen molar-refractivity contribution in [2.75, 3.05) is 19.7 Å². The number of rotatable bonds is 6. The third-order valence-corrected chi connectivity index (χ3v) is 5.22. The molecule has 1 aliphatic heterocycles. The van der Waals surface area contributed by atoms with Crippen molar-refractivity contribution in [2.24, 2.45) is 5.92 Å². The van der Waals surface area contributed by atoms with Crippen molar-refractivity contribution in [3.8, 4) is 0 Å². The molecule has 1 saturated carbocycles. The summed E-state index contributed by atoms with van der Waals surface area (Å²) in [6.07, 6.45) is 8.65. The molecule has 1 N–H and O–H groups in total. The van der Waals surface area contributed by atoms with Gasteiger partial charge in [-0.1, -0.05) is 6.42 Å². The number of nitrogens with zero attached hydrogens (tertiary/aromatic N) is 1. The Morgan fingerprint density at radius 2 is 2.05 bits per heavy atom. The second kappa shape index (κ2) is 6.97. The summed E-state index contributed by atoms with van der Waals surface area (Å²) < 4.78 is 5.81. The summed E-state index contributed by atoms with van der Waals surface area (Å²) in [4.78, 5) is 18.0. The number of nitrogens with one attached hydrogen (secondary N) is 1. The average molecular weight is 304 g/mol. The maximum Gasteiger partial charge on any atom is 0.187 e. The van der Waals surface area contributed by atoms with Gasteiger partial charge in [0.2, 0.25) is 0 Å². The molecule has 1 saturated heterocycles. The van der Waals surface area contributed by atoms with Crippen molar-refractivity contribution >= 4 is 0 Å². The largest absolute Gasteiger partial charge is 0.377 e. The Kier molecular flexibility index (Phi) is 4.99. The lowest BCUT2D eigenvalue weighted by Gasteiger charge is -2.33. The highest BCUT2D eigenvalue weighted by Crippen LogP contribution is 2.28. The monoisotopic (exact) mass is 304 g/mol.